The smallest absolute Gasteiger partial charge is 0.0641 e. The molecule has 0 saturated carbocycles. The van der Waals surface area contributed by atoms with Crippen LogP contribution in [0.4, 0.5) is 17.1 Å². The third kappa shape index (κ3) is 9.22. The summed E-state index contributed by atoms with van der Waals surface area (Å²) in [6.07, 6.45) is 10.1. The van der Waals surface area contributed by atoms with Gasteiger partial charge in [-0.05, 0) is 139 Å². The van der Waals surface area contributed by atoms with E-state index in [1.165, 1.54) is 76.6 Å². The zero-order valence-electron chi connectivity index (χ0n) is 40.5. The second-order valence-electron chi connectivity index (χ2n) is 17.6. The molecule has 0 saturated heterocycles. The lowest BCUT2D eigenvalue weighted by Gasteiger charge is -2.26. The van der Waals surface area contributed by atoms with Crippen LogP contribution in [-0.4, -0.2) is 9.13 Å². The Bertz CT molecular complexity index is 3800. The summed E-state index contributed by atoms with van der Waals surface area (Å²) in [5.74, 6) is 0. The Morgan fingerprint density at radius 3 is 1.63 bits per heavy atom. The number of para-hydroxylation sites is 3. The number of allylic oxidation sites excluding steroid dienone is 4. The second kappa shape index (κ2) is 21.2. The van der Waals surface area contributed by atoms with Gasteiger partial charge in [-0.3, -0.25) is 0 Å². The second-order valence-corrected chi connectivity index (χ2v) is 17.6. The Hall–Kier alpha value is -8.92. The molecular formula is C68H57N3. The number of hydrogen-bond donors (Lipinski definition) is 0. The van der Waals surface area contributed by atoms with E-state index < -0.39 is 0 Å². The van der Waals surface area contributed by atoms with Gasteiger partial charge in [-0.25, -0.2) is 0 Å². The average molecular weight is 916 g/mol. The molecule has 0 aliphatic carbocycles. The van der Waals surface area contributed by atoms with Gasteiger partial charge in [0.25, 0.3) is 0 Å². The van der Waals surface area contributed by atoms with E-state index in [1.807, 2.05) is 19.9 Å². The molecule has 12 aromatic rings. The number of anilines is 3. The van der Waals surface area contributed by atoms with E-state index in [0.29, 0.717) is 0 Å². The molecule has 2 heterocycles. The molecule has 0 unspecified atom stereocenters. The lowest BCUT2D eigenvalue weighted by molar-refractivity contribution is 1.05. The van der Waals surface area contributed by atoms with Gasteiger partial charge >= 0.3 is 0 Å². The van der Waals surface area contributed by atoms with Crippen LogP contribution in [0.5, 0.6) is 0 Å². The first-order valence-corrected chi connectivity index (χ1v) is 24.5. The summed E-state index contributed by atoms with van der Waals surface area (Å²) < 4.78 is 4.92. The van der Waals surface area contributed by atoms with Crippen molar-refractivity contribution in [3.63, 3.8) is 0 Å². The van der Waals surface area contributed by atoms with Gasteiger partial charge in [0, 0.05) is 50.0 Å². The molecule has 0 fully saturated rings. The van der Waals surface area contributed by atoms with E-state index in [9.17, 15) is 0 Å². The Labute approximate surface area is 417 Å². The van der Waals surface area contributed by atoms with Gasteiger partial charge in [0.05, 0.1) is 22.1 Å². The van der Waals surface area contributed by atoms with Gasteiger partial charge in [-0.1, -0.05) is 182 Å². The van der Waals surface area contributed by atoms with Gasteiger partial charge in [0.15, 0.2) is 0 Å². The van der Waals surface area contributed by atoms with Crippen molar-refractivity contribution >= 4 is 71.4 Å². The van der Waals surface area contributed by atoms with Crippen molar-refractivity contribution in [3.8, 4) is 33.6 Å². The SMILES string of the molecule is C=CC.C=CCC/C=C\C.c1ccc(-c2ccc(-n3c4ccccc4c4c3ccc3c5ccccc5n(-c5ccc6ccc(N(c7ccccc7)c7cccc(-c8ccccc8)c7)cc6c5)c34)cc2)cc1. The van der Waals surface area contributed by atoms with Crippen LogP contribution in [-0.2, 0) is 0 Å². The summed E-state index contributed by atoms with van der Waals surface area (Å²) in [5.41, 5.74) is 15.2. The Balaban J connectivity index is 0.000000533. The van der Waals surface area contributed by atoms with Gasteiger partial charge in [0.2, 0.25) is 0 Å². The molecule has 0 N–H and O–H groups in total. The first-order chi connectivity index (χ1) is 35.1. The molecule has 344 valence electrons. The fourth-order valence-electron chi connectivity index (χ4n) is 9.85. The van der Waals surface area contributed by atoms with Crippen molar-refractivity contribution < 1.29 is 0 Å². The van der Waals surface area contributed by atoms with E-state index in [2.05, 4.69) is 276 Å². The van der Waals surface area contributed by atoms with E-state index in [0.717, 1.165) is 41.3 Å². The standard InChI is InChI=1S/C58H39N3.C7H12.C3H6/c1-4-15-40(16-5-1)42-27-31-47(32-28-42)60-55-26-13-11-24-53(55)57-56(60)36-35-52-51-23-10-12-25-54(51)61(58(52)57)50-34-30-43-29-33-49(38-45(43)39-50)59(46-20-8-3-9-21-46)48-22-14-19-44(37-48)41-17-6-2-7-18-41;1-3-5-7-6-4-2;1-3-2/h1-39H;3-4,6H,1,5,7H2,2H3;3H,1H2,2H3/b;6-4-;. The third-order valence-electron chi connectivity index (χ3n) is 13.0. The molecule has 0 spiro atoms. The van der Waals surface area contributed by atoms with Gasteiger partial charge < -0.3 is 14.0 Å². The number of hydrogen-bond acceptors (Lipinski definition) is 1. The molecule has 0 aliphatic rings. The van der Waals surface area contributed by atoms with E-state index in [-0.39, 0.29) is 0 Å². The largest absolute Gasteiger partial charge is 0.310 e. The number of rotatable bonds is 10. The highest BCUT2D eigenvalue weighted by molar-refractivity contribution is 6.26. The molecule has 0 atom stereocenters. The van der Waals surface area contributed by atoms with Crippen LogP contribution in [0.25, 0.3) is 88.0 Å². The predicted octanol–water partition coefficient (Wildman–Crippen LogP) is 19.6. The predicted molar refractivity (Wildman–Crippen MR) is 308 cm³/mol. The first-order valence-electron chi connectivity index (χ1n) is 24.5. The lowest BCUT2D eigenvalue weighted by Crippen LogP contribution is -2.09. The number of benzene rings is 10. The van der Waals surface area contributed by atoms with Crippen LogP contribution in [0, 0.1) is 0 Å². The van der Waals surface area contributed by atoms with Crippen LogP contribution < -0.4 is 4.90 Å². The van der Waals surface area contributed by atoms with Crippen molar-refractivity contribution in [2.45, 2.75) is 26.7 Å². The molecule has 0 amide bonds. The third-order valence-corrected chi connectivity index (χ3v) is 13.0. The summed E-state index contributed by atoms with van der Waals surface area (Å²) in [6, 6.07) is 85.9. The Morgan fingerprint density at radius 2 is 0.944 bits per heavy atom. The minimum absolute atomic E-state index is 1.10. The minimum Gasteiger partial charge on any atom is -0.310 e. The van der Waals surface area contributed by atoms with Crippen molar-refractivity contribution in [1.29, 1.82) is 0 Å². The van der Waals surface area contributed by atoms with Gasteiger partial charge in [-0.15, -0.1) is 13.2 Å². The quantitative estimate of drug-likeness (QED) is 0.0984. The molecule has 3 nitrogen and oxygen atoms in total. The van der Waals surface area contributed by atoms with Crippen LogP contribution >= 0.6 is 0 Å². The number of unbranched alkanes of at least 4 members (excludes halogenated alkanes) is 1. The average Bonchev–Trinajstić information content (AvgIpc) is 3.96. The molecule has 2 aromatic heterocycles. The van der Waals surface area contributed by atoms with Gasteiger partial charge in [-0.2, -0.15) is 0 Å². The van der Waals surface area contributed by atoms with E-state index in [4.69, 9.17) is 0 Å². The maximum absolute atomic E-state index is 3.60. The molecular weight excluding hydrogens is 859 g/mol. The lowest BCUT2D eigenvalue weighted by atomic mass is 10.0. The summed E-state index contributed by atoms with van der Waals surface area (Å²) in [6.45, 7) is 10.9. The molecule has 0 bridgehead atoms. The van der Waals surface area contributed by atoms with Crippen LogP contribution in [0.15, 0.2) is 274 Å². The maximum Gasteiger partial charge on any atom is 0.0641 e. The summed E-state index contributed by atoms with van der Waals surface area (Å²) in [5, 5.41) is 7.34. The van der Waals surface area contributed by atoms with Crippen molar-refractivity contribution in [1.82, 2.24) is 9.13 Å². The monoisotopic (exact) mass is 915 g/mol. The fourth-order valence-corrected chi connectivity index (χ4v) is 9.85. The highest BCUT2D eigenvalue weighted by Crippen LogP contribution is 2.43. The summed E-state index contributed by atoms with van der Waals surface area (Å²) in [4.78, 5) is 2.36. The van der Waals surface area contributed by atoms with Crippen LogP contribution in [0.3, 0.4) is 0 Å². The Kier molecular flexibility index (Phi) is 13.7. The Morgan fingerprint density at radius 1 is 0.394 bits per heavy atom. The molecule has 0 aliphatic heterocycles. The van der Waals surface area contributed by atoms with E-state index >= 15 is 0 Å². The molecule has 10 aromatic carbocycles. The van der Waals surface area contributed by atoms with Crippen molar-refractivity contribution in [3.05, 3.63) is 274 Å². The van der Waals surface area contributed by atoms with Crippen molar-refractivity contribution in [2.75, 3.05) is 4.90 Å². The normalized spacial score (nSPS) is 11.1. The molecule has 0 radical (unpaired) electrons. The summed E-state index contributed by atoms with van der Waals surface area (Å²) in [7, 11) is 0. The zero-order chi connectivity index (χ0) is 48.5. The number of aromatic nitrogens is 2. The summed E-state index contributed by atoms with van der Waals surface area (Å²) >= 11 is 0. The number of fused-ring (bicyclic) bond motifs is 8. The zero-order valence-corrected chi connectivity index (χ0v) is 40.5. The topological polar surface area (TPSA) is 13.1 Å². The van der Waals surface area contributed by atoms with Crippen LogP contribution in [0.2, 0.25) is 0 Å². The molecule has 3 heteroatoms. The fraction of sp³-hybridized carbons (Fsp3) is 0.0588. The van der Waals surface area contributed by atoms with E-state index in [1.54, 1.807) is 6.08 Å². The highest BCUT2D eigenvalue weighted by Gasteiger charge is 2.21. The maximum atomic E-state index is 3.60. The molecule has 12 rings (SSSR count). The van der Waals surface area contributed by atoms with Crippen molar-refractivity contribution in [2.24, 2.45) is 0 Å². The van der Waals surface area contributed by atoms with Gasteiger partial charge in [0.1, 0.15) is 0 Å². The number of nitrogens with zero attached hydrogens (tertiary/aromatic N) is 3. The highest BCUT2D eigenvalue weighted by atomic mass is 15.1. The first kappa shape index (κ1) is 45.8. The minimum atomic E-state index is 1.10. The molecule has 71 heavy (non-hydrogen) atoms. The van der Waals surface area contributed by atoms with Crippen LogP contribution in [0.1, 0.15) is 26.7 Å².